The van der Waals surface area contributed by atoms with Crippen LogP contribution in [0.25, 0.3) is 10.9 Å². The number of carbonyl (C=O) groups excluding carboxylic acids is 2. The number of halogens is 1. The van der Waals surface area contributed by atoms with Gasteiger partial charge in [-0.25, -0.2) is 0 Å². The minimum Gasteiger partial charge on any atom is -0.469 e. The Morgan fingerprint density at radius 3 is 2.65 bits per heavy atom. The Bertz CT molecular complexity index is 935. The van der Waals surface area contributed by atoms with Gasteiger partial charge in [0.1, 0.15) is 0 Å². The minimum absolute atomic E-state index is 0.0137. The predicted octanol–water partition coefficient (Wildman–Crippen LogP) is 3.78. The van der Waals surface area contributed by atoms with Crippen molar-refractivity contribution in [2.24, 2.45) is 0 Å². The van der Waals surface area contributed by atoms with Gasteiger partial charge in [-0.05, 0) is 23.3 Å². The first-order valence-corrected chi connectivity index (χ1v) is 8.62. The smallest absolute Gasteiger partial charge is 0.307 e. The van der Waals surface area contributed by atoms with Crippen molar-refractivity contribution in [2.75, 3.05) is 7.11 Å². The summed E-state index contributed by atoms with van der Waals surface area (Å²) in [5.74, 6) is -0.606. The second kappa shape index (κ2) is 8.06. The molecule has 0 spiro atoms. The van der Waals surface area contributed by atoms with Gasteiger partial charge < -0.3 is 15.0 Å². The lowest BCUT2D eigenvalue weighted by molar-refractivity contribution is -0.141. The molecule has 5 nitrogen and oxygen atoms in total. The quantitative estimate of drug-likeness (QED) is 0.648. The zero-order valence-corrected chi connectivity index (χ0v) is 15.0. The summed E-state index contributed by atoms with van der Waals surface area (Å²) in [6, 6.07) is 14.4. The van der Waals surface area contributed by atoms with E-state index in [4.69, 9.17) is 16.3 Å². The number of methoxy groups -OCH3 is 1. The van der Waals surface area contributed by atoms with E-state index in [0.29, 0.717) is 10.6 Å². The van der Waals surface area contributed by atoms with E-state index >= 15 is 0 Å². The molecule has 2 aromatic carbocycles. The van der Waals surface area contributed by atoms with Gasteiger partial charge in [0.25, 0.3) is 0 Å². The average molecular weight is 371 g/mol. The van der Waals surface area contributed by atoms with Crippen LogP contribution in [-0.4, -0.2) is 24.0 Å². The van der Waals surface area contributed by atoms with Crippen molar-refractivity contribution in [3.63, 3.8) is 0 Å². The van der Waals surface area contributed by atoms with E-state index in [1.807, 2.05) is 36.5 Å². The van der Waals surface area contributed by atoms with E-state index < -0.39 is 12.0 Å². The van der Waals surface area contributed by atoms with Crippen molar-refractivity contribution in [1.29, 1.82) is 0 Å². The van der Waals surface area contributed by atoms with Gasteiger partial charge in [-0.15, -0.1) is 0 Å². The molecule has 0 radical (unpaired) electrons. The normalized spacial score (nSPS) is 11.9. The number of fused-ring (bicyclic) bond motifs is 1. The number of para-hydroxylation sites is 1. The van der Waals surface area contributed by atoms with Crippen molar-refractivity contribution < 1.29 is 14.3 Å². The molecule has 0 aliphatic rings. The fraction of sp³-hybridized carbons (Fsp3) is 0.200. The average Bonchev–Trinajstić information content (AvgIpc) is 3.04. The third-order valence-corrected chi connectivity index (χ3v) is 4.58. The summed E-state index contributed by atoms with van der Waals surface area (Å²) >= 11 is 6.24. The summed E-state index contributed by atoms with van der Waals surface area (Å²) in [7, 11) is 1.32. The molecule has 0 unspecified atom stereocenters. The summed E-state index contributed by atoms with van der Waals surface area (Å²) in [5, 5.41) is 4.40. The zero-order valence-electron chi connectivity index (χ0n) is 14.3. The van der Waals surface area contributed by atoms with Gasteiger partial charge in [0.2, 0.25) is 5.91 Å². The van der Waals surface area contributed by atoms with Gasteiger partial charge in [0.05, 0.1) is 26.0 Å². The number of aromatic nitrogens is 1. The SMILES string of the molecule is COC(=O)C[C@@H](NC(=O)Cc1c[nH]c2ccccc12)c1ccccc1Cl. The molecule has 1 atom stereocenters. The summed E-state index contributed by atoms with van der Waals surface area (Å²) in [6.07, 6.45) is 2.04. The van der Waals surface area contributed by atoms with Crippen LogP contribution in [0, 0.1) is 0 Å². The summed E-state index contributed by atoms with van der Waals surface area (Å²) < 4.78 is 4.75. The topological polar surface area (TPSA) is 71.2 Å². The maximum absolute atomic E-state index is 12.6. The molecule has 3 rings (SSSR count). The molecule has 1 aromatic heterocycles. The largest absolute Gasteiger partial charge is 0.469 e. The van der Waals surface area contributed by atoms with Crippen LogP contribution in [-0.2, 0) is 20.7 Å². The molecule has 2 N–H and O–H groups in total. The van der Waals surface area contributed by atoms with Crippen LogP contribution in [0.2, 0.25) is 5.02 Å². The Morgan fingerprint density at radius 1 is 1.15 bits per heavy atom. The van der Waals surface area contributed by atoms with Gasteiger partial charge in [0, 0.05) is 22.1 Å². The van der Waals surface area contributed by atoms with E-state index in [-0.39, 0.29) is 18.7 Å². The number of hydrogen-bond acceptors (Lipinski definition) is 3. The van der Waals surface area contributed by atoms with Gasteiger partial charge >= 0.3 is 5.97 Å². The fourth-order valence-electron chi connectivity index (χ4n) is 2.94. The summed E-state index contributed by atoms with van der Waals surface area (Å²) in [4.78, 5) is 27.5. The minimum atomic E-state index is -0.547. The fourth-order valence-corrected chi connectivity index (χ4v) is 3.21. The zero-order chi connectivity index (χ0) is 18.5. The number of amides is 1. The lowest BCUT2D eigenvalue weighted by Crippen LogP contribution is -2.31. The van der Waals surface area contributed by atoms with Crippen LogP contribution in [0.1, 0.15) is 23.6 Å². The van der Waals surface area contributed by atoms with E-state index in [1.54, 1.807) is 18.2 Å². The molecule has 0 saturated carbocycles. The van der Waals surface area contributed by atoms with Crippen molar-refractivity contribution in [1.82, 2.24) is 10.3 Å². The number of ether oxygens (including phenoxy) is 1. The van der Waals surface area contributed by atoms with Gasteiger partial charge in [-0.3, -0.25) is 9.59 Å². The van der Waals surface area contributed by atoms with Crippen LogP contribution in [0.4, 0.5) is 0 Å². The number of benzene rings is 2. The second-order valence-electron chi connectivity index (χ2n) is 5.96. The highest BCUT2D eigenvalue weighted by atomic mass is 35.5. The Balaban J connectivity index is 1.78. The first-order valence-electron chi connectivity index (χ1n) is 8.24. The number of esters is 1. The standard InChI is InChI=1S/C20H19ClN2O3/c1-26-20(25)11-18(15-7-2-4-8-16(15)21)23-19(24)10-13-12-22-17-9-5-3-6-14(13)17/h2-9,12,18,22H,10-11H2,1H3,(H,23,24)/t18-/m1/s1. The first kappa shape index (κ1) is 18.0. The maximum Gasteiger partial charge on any atom is 0.307 e. The van der Waals surface area contributed by atoms with Crippen LogP contribution in [0.5, 0.6) is 0 Å². The second-order valence-corrected chi connectivity index (χ2v) is 6.37. The van der Waals surface area contributed by atoms with Crippen LogP contribution < -0.4 is 5.32 Å². The Kier molecular flexibility index (Phi) is 5.58. The molecule has 0 aliphatic heterocycles. The molecule has 26 heavy (non-hydrogen) atoms. The van der Waals surface area contributed by atoms with Crippen LogP contribution in [0.3, 0.4) is 0 Å². The number of carbonyl (C=O) groups is 2. The molecule has 0 saturated heterocycles. The van der Waals surface area contributed by atoms with E-state index in [2.05, 4.69) is 10.3 Å². The highest BCUT2D eigenvalue weighted by molar-refractivity contribution is 6.31. The van der Waals surface area contributed by atoms with Crippen molar-refractivity contribution >= 4 is 34.4 Å². The molecule has 6 heteroatoms. The van der Waals surface area contributed by atoms with Crippen molar-refractivity contribution in [2.45, 2.75) is 18.9 Å². The lowest BCUT2D eigenvalue weighted by atomic mass is 10.0. The highest BCUT2D eigenvalue weighted by Crippen LogP contribution is 2.26. The predicted molar refractivity (Wildman–Crippen MR) is 101 cm³/mol. The number of hydrogen-bond donors (Lipinski definition) is 2. The molecular weight excluding hydrogens is 352 g/mol. The molecule has 0 bridgehead atoms. The number of nitrogens with one attached hydrogen (secondary N) is 2. The molecule has 1 heterocycles. The monoisotopic (exact) mass is 370 g/mol. The van der Waals surface area contributed by atoms with E-state index in [0.717, 1.165) is 16.5 Å². The maximum atomic E-state index is 12.6. The molecule has 0 aliphatic carbocycles. The van der Waals surface area contributed by atoms with E-state index in [9.17, 15) is 9.59 Å². The Labute approximate surface area is 156 Å². The third-order valence-electron chi connectivity index (χ3n) is 4.24. The lowest BCUT2D eigenvalue weighted by Gasteiger charge is -2.19. The Hall–Kier alpha value is -2.79. The number of rotatable bonds is 6. The van der Waals surface area contributed by atoms with Crippen molar-refractivity contribution in [3.8, 4) is 0 Å². The van der Waals surface area contributed by atoms with Gasteiger partial charge in [-0.1, -0.05) is 48.0 Å². The van der Waals surface area contributed by atoms with Crippen molar-refractivity contribution in [3.05, 3.63) is 70.9 Å². The van der Waals surface area contributed by atoms with Crippen LogP contribution in [0.15, 0.2) is 54.7 Å². The third kappa shape index (κ3) is 4.06. The Morgan fingerprint density at radius 2 is 1.88 bits per heavy atom. The summed E-state index contributed by atoms with van der Waals surface area (Å²) in [6.45, 7) is 0. The van der Waals surface area contributed by atoms with Crippen LogP contribution >= 0.6 is 11.6 Å². The highest BCUT2D eigenvalue weighted by Gasteiger charge is 2.21. The molecular formula is C20H19ClN2O3. The molecule has 1 amide bonds. The first-order chi connectivity index (χ1) is 12.6. The number of aromatic amines is 1. The van der Waals surface area contributed by atoms with Gasteiger partial charge in [-0.2, -0.15) is 0 Å². The van der Waals surface area contributed by atoms with E-state index in [1.165, 1.54) is 7.11 Å². The molecule has 3 aromatic rings. The molecule has 0 fully saturated rings. The van der Waals surface area contributed by atoms with Gasteiger partial charge in [0.15, 0.2) is 0 Å². The summed E-state index contributed by atoms with van der Waals surface area (Å²) in [5.41, 5.74) is 2.56. The number of H-pyrrole nitrogens is 1. The molecule has 134 valence electrons.